The van der Waals surface area contributed by atoms with Crippen LogP contribution in [0.4, 0.5) is 14.5 Å². The van der Waals surface area contributed by atoms with E-state index in [4.69, 9.17) is 9.47 Å². The zero-order valence-corrected chi connectivity index (χ0v) is 33.5. The highest BCUT2D eigenvalue weighted by atomic mass is 19.3. The first-order valence-electron chi connectivity index (χ1n) is 20.7. The van der Waals surface area contributed by atoms with E-state index >= 15 is 0 Å². The maximum Gasteiger partial charge on any atom is 0.262 e. The van der Waals surface area contributed by atoms with Gasteiger partial charge in [0.15, 0.2) is 12.4 Å². The van der Waals surface area contributed by atoms with Crippen LogP contribution < -0.4 is 15.4 Å². The first-order chi connectivity index (χ1) is 27.5. The number of fused-ring (bicyclic) bond motifs is 1. The number of halogens is 2. The summed E-state index contributed by atoms with van der Waals surface area (Å²) in [6.45, 7) is 8.60. The van der Waals surface area contributed by atoms with Crippen molar-refractivity contribution in [2.45, 2.75) is 82.1 Å². The predicted molar refractivity (Wildman–Crippen MR) is 217 cm³/mol. The molecule has 3 fully saturated rings. The summed E-state index contributed by atoms with van der Waals surface area (Å²) in [7, 11) is 2.05. The van der Waals surface area contributed by atoms with Gasteiger partial charge in [-0.3, -0.25) is 4.79 Å². The average molecular weight is 791 g/mol. The molecular weight excluding hydrogens is 731 g/mol. The Hall–Kier alpha value is -4.10. The third-order valence-electron chi connectivity index (χ3n) is 12.2. The number of ether oxygens (including phenoxy) is 2. The number of aromatic hydroxyl groups is 2. The van der Waals surface area contributed by atoms with E-state index in [1.165, 1.54) is 24.9 Å². The van der Waals surface area contributed by atoms with Gasteiger partial charge in [-0.05, 0) is 99.7 Å². The van der Waals surface area contributed by atoms with Gasteiger partial charge in [0.2, 0.25) is 5.92 Å². The number of hydrogen-bond donors (Lipinski definition) is 4. The molecule has 2 heterocycles. The molecule has 0 spiro atoms. The lowest BCUT2D eigenvalue weighted by molar-refractivity contribution is -0.118. The van der Waals surface area contributed by atoms with Crippen molar-refractivity contribution >= 4 is 17.9 Å². The second-order valence-electron chi connectivity index (χ2n) is 16.4. The van der Waals surface area contributed by atoms with Crippen molar-refractivity contribution in [3.8, 4) is 17.2 Å². The highest BCUT2D eigenvalue weighted by Crippen LogP contribution is 2.46. The monoisotopic (exact) mass is 790 g/mol. The molecule has 10 nitrogen and oxygen atoms in total. The minimum atomic E-state index is -2.48. The van der Waals surface area contributed by atoms with Crippen LogP contribution in [0, 0.1) is 11.8 Å². The lowest BCUT2D eigenvalue weighted by Crippen LogP contribution is -2.60. The van der Waals surface area contributed by atoms with Gasteiger partial charge in [0, 0.05) is 69.0 Å². The molecule has 3 aromatic rings. The molecule has 57 heavy (non-hydrogen) atoms. The maximum atomic E-state index is 13.3. The smallest absolute Gasteiger partial charge is 0.262 e. The normalized spacial score (nSPS) is 19.4. The molecule has 12 heteroatoms. The molecule has 2 saturated carbocycles. The lowest BCUT2D eigenvalue weighted by atomic mass is 9.68. The number of hydrogen-bond acceptors (Lipinski definition) is 9. The summed E-state index contributed by atoms with van der Waals surface area (Å²) >= 11 is 0. The quantitative estimate of drug-likeness (QED) is 0.0646. The largest absolute Gasteiger partial charge is 0.508 e. The Morgan fingerprint density at radius 2 is 1.74 bits per heavy atom. The van der Waals surface area contributed by atoms with Crippen molar-refractivity contribution in [3.63, 3.8) is 0 Å². The molecule has 0 bridgehead atoms. The first kappa shape index (κ1) is 42.5. The van der Waals surface area contributed by atoms with Crippen LogP contribution in [-0.4, -0.2) is 110 Å². The molecule has 1 saturated heterocycles. The number of nitrogens with one attached hydrogen (secondary N) is 2. The Balaban J connectivity index is 0.000000193. The highest BCUT2D eigenvalue weighted by molar-refractivity contribution is 5.97. The SMILES string of the molecule is CC(C1CCC(F)(F)CC1)N(C)CCNCCc1ccc(O)c2c1OCC(=O)N2.O=CCCOCCc1ccc(O)c(C2(c3ccccc3)CN(CC3CC3)C2)c1. The maximum absolute atomic E-state index is 13.3. The van der Waals surface area contributed by atoms with Crippen molar-refractivity contribution in [2.75, 3.05) is 71.5 Å². The number of aldehydes is 1. The van der Waals surface area contributed by atoms with E-state index < -0.39 is 5.92 Å². The van der Waals surface area contributed by atoms with Crippen LogP contribution in [0.25, 0.3) is 0 Å². The Morgan fingerprint density at radius 1 is 1.00 bits per heavy atom. The number of phenolic OH excluding ortho intramolecular Hbond substituents is 2. The Labute approximate surface area is 335 Å². The molecule has 7 rings (SSSR count). The van der Waals surface area contributed by atoms with Crippen molar-refractivity contribution < 1.29 is 38.1 Å². The van der Waals surface area contributed by atoms with E-state index in [2.05, 4.69) is 57.7 Å². The number of anilines is 1. The van der Waals surface area contributed by atoms with Crippen LogP contribution in [0.2, 0.25) is 0 Å². The number of carbonyl (C=O) groups excluding carboxylic acids is 2. The van der Waals surface area contributed by atoms with Crippen molar-refractivity contribution in [3.05, 3.63) is 82.9 Å². The molecule has 1 atom stereocenters. The number of carbonyl (C=O) groups is 2. The Morgan fingerprint density at radius 3 is 2.46 bits per heavy atom. The van der Waals surface area contributed by atoms with Gasteiger partial charge in [0.25, 0.3) is 5.91 Å². The molecule has 0 radical (unpaired) electrons. The number of likely N-dealkylation sites (tertiary alicyclic amines) is 1. The van der Waals surface area contributed by atoms with Gasteiger partial charge >= 0.3 is 0 Å². The van der Waals surface area contributed by atoms with Crippen molar-refractivity contribution in [2.24, 2.45) is 11.8 Å². The first-order valence-corrected chi connectivity index (χ1v) is 20.7. The van der Waals surface area contributed by atoms with Crippen LogP contribution in [-0.2, 0) is 32.6 Å². The van der Waals surface area contributed by atoms with E-state index in [0.29, 0.717) is 62.0 Å². The topological polar surface area (TPSA) is 124 Å². The van der Waals surface area contributed by atoms with Crippen LogP contribution in [0.3, 0.4) is 0 Å². The van der Waals surface area contributed by atoms with Gasteiger partial charge in [-0.2, -0.15) is 0 Å². The summed E-state index contributed by atoms with van der Waals surface area (Å²) in [4.78, 5) is 26.6. The van der Waals surface area contributed by atoms with Crippen LogP contribution >= 0.6 is 0 Å². The fourth-order valence-corrected chi connectivity index (χ4v) is 8.45. The van der Waals surface area contributed by atoms with E-state index in [9.17, 15) is 28.6 Å². The number of likely N-dealkylation sites (N-methyl/N-ethyl adjacent to an activating group) is 1. The van der Waals surface area contributed by atoms with Gasteiger partial charge in [0.05, 0.1) is 13.2 Å². The number of amides is 1. The molecule has 3 aromatic carbocycles. The van der Waals surface area contributed by atoms with E-state index in [0.717, 1.165) is 68.0 Å². The average Bonchev–Trinajstić information content (AvgIpc) is 4.02. The second kappa shape index (κ2) is 19.6. The zero-order chi connectivity index (χ0) is 40.4. The summed E-state index contributed by atoms with van der Waals surface area (Å²) < 4.78 is 37.7. The minimum absolute atomic E-state index is 0.000784. The van der Waals surface area contributed by atoms with Gasteiger partial charge < -0.3 is 44.9 Å². The molecule has 1 unspecified atom stereocenters. The fourth-order valence-electron chi connectivity index (χ4n) is 8.45. The highest BCUT2D eigenvalue weighted by Gasteiger charge is 2.48. The Kier molecular flexibility index (Phi) is 14.6. The number of phenols is 2. The minimum Gasteiger partial charge on any atom is -0.508 e. The summed E-state index contributed by atoms with van der Waals surface area (Å²) in [6.07, 6.45) is 6.72. The van der Waals surface area contributed by atoms with Crippen molar-refractivity contribution in [1.82, 2.24) is 15.1 Å². The van der Waals surface area contributed by atoms with Crippen LogP contribution in [0.5, 0.6) is 17.2 Å². The number of rotatable bonds is 18. The van der Waals surface area contributed by atoms with Crippen LogP contribution in [0.15, 0.2) is 60.7 Å². The van der Waals surface area contributed by atoms with Crippen molar-refractivity contribution in [1.29, 1.82) is 0 Å². The van der Waals surface area contributed by atoms with E-state index in [-0.39, 0.29) is 42.6 Å². The van der Waals surface area contributed by atoms with Gasteiger partial charge in [-0.25, -0.2) is 8.78 Å². The molecule has 310 valence electrons. The summed E-state index contributed by atoms with van der Waals surface area (Å²) in [5.41, 5.74) is 4.58. The van der Waals surface area contributed by atoms with Gasteiger partial charge in [-0.15, -0.1) is 0 Å². The van der Waals surface area contributed by atoms with E-state index in [1.807, 2.05) is 25.2 Å². The Bertz CT molecular complexity index is 1770. The molecule has 1 amide bonds. The third-order valence-corrected chi connectivity index (χ3v) is 12.2. The predicted octanol–water partition coefficient (Wildman–Crippen LogP) is 6.55. The third kappa shape index (κ3) is 11.3. The molecule has 2 aliphatic carbocycles. The number of alkyl halides is 2. The molecule has 0 aromatic heterocycles. The molecule has 2 aliphatic heterocycles. The number of benzene rings is 3. The zero-order valence-electron chi connectivity index (χ0n) is 33.5. The fraction of sp³-hybridized carbons (Fsp3) is 0.556. The molecule has 4 aliphatic rings. The molecule has 4 N–H and O–H groups in total. The second-order valence-corrected chi connectivity index (χ2v) is 16.4. The summed E-state index contributed by atoms with van der Waals surface area (Å²) in [6, 6.07) is 20.2. The number of nitrogens with zero attached hydrogens (tertiary/aromatic N) is 2. The van der Waals surface area contributed by atoms with Gasteiger partial charge in [0.1, 0.15) is 23.5 Å². The van der Waals surface area contributed by atoms with E-state index in [1.54, 1.807) is 12.1 Å². The summed E-state index contributed by atoms with van der Waals surface area (Å²) in [5.74, 6) is -0.640. The molecular formula is C45H60F2N4O6. The van der Waals surface area contributed by atoms with Crippen LogP contribution in [0.1, 0.15) is 74.1 Å². The lowest BCUT2D eigenvalue weighted by Gasteiger charge is -2.51. The standard InChI is InChI=1S/C24H29NO3.C21H31F2N3O3/c26-12-4-13-28-14-11-19-9-10-23(27)22(15-19)24(21-5-2-1-3-6-21)17-25(18-24)16-20-7-8-20;1-14(15-5-8-21(22,23)9-6-15)26(2)12-11-24-10-7-16-3-4-17(27)19-20(16)29-13-18(28)25-19/h1-3,5-6,9-10,12,15,20,27H,4,7-8,11,13-14,16-18H2;3-4,14-15,24,27H,5-13H2,1-2H3,(H,25,28). The summed E-state index contributed by atoms with van der Waals surface area (Å²) in [5, 5.41) is 26.7. The van der Waals surface area contributed by atoms with Gasteiger partial charge in [-0.1, -0.05) is 48.5 Å².